The summed E-state index contributed by atoms with van der Waals surface area (Å²) in [5.74, 6) is 2.43. The van der Waals surface area contributed by atoms with E-state index >= 15 is 0 Å². The summed E-state index contributed by atoms with van der Waals surface area (Å²) in [6.45, 7) is 3.84. The molecule has 0 unspecified atom stereocenters. The van der Waals surface area contributed by atoms with Crippen molar-refractivity contribution in [1.82, 2.24) is 14.9 Å². The molecule has 5 nitrogen and oxygen atoms in total. The van der Waals surface area contributed by atoms with Gasteiger partial charge in [-0.2, -0.15) is 0 Å². The average Bonchev–Trinajstić information content (AvgIpc) is 2.62. The van der Waals surface area contributed by atoms with Crippen molar-refractivity contribution in [2.75, 3.05) is 20.8 Å². The Bertz CT molecular complexity index is 690. The van der Waals surface area contributed by atoms with E-state index in [0.29, 0.717) is 6.04 Å². The second-order valence-corrected chi connectivity index (χ2v) is 6.16. The van der Waals surface area contributed by atoms with Crippen LogP contribution in [0.3, 0.4) is 0 Å². The van der Waals surface area contributed by atoms with Gasteiger partial charge in [0.25, 0.3) is 0 Å². The van der Waals surface area contributed by atoms with Crippen molar-refractivity contribution in [3.63, 3.8) is 0 Å². The van der Waals surface area contributed by atoms with E-state index in [1.807, 2.05) is 31.3 Å². The van der Waals surface area contributed by atoms with E-state index in [4.69, 9.17) is 9.47 Å². The quantitative estimate of drug-likeness (QED) is 0.841. The van der Waals surface area contributed by atoms with E-state index < -0.39 is 0 Å². The molecule has 0 N–H and O–H groups in total. The molecule has 1 aromatic carbocycles. The van der Waals surface area contributed by atoms with E-state index in [1.54, 1.807) is 14.2 Å². The fourth-order valence-corrected chi connectivity index (χ4v) is 3.47. The molecule has 0 spiro atoms. The van der Waals surface area contributed by atoms with E-state index in [0.717, 1.165) is 48.1 Å². The van der Waals surface area contributed by atoms with Gasteiger partial charge in [0.05, 0.1) is 26.0 Å². The largest absolute Gasteiger partial charge is 0.493 e. The summed E-state index contributed by atoms with van der Waals surface area (Å²) in [6, 6.07) is 8.43. The van der Waals surface area contributed by atoms with Gasteiger partial charge in [0.15, 0.2) is 11.5 Å². The molecule has 5 heteroatoms. The van der Waals surface area contributed by atoms with Crippen molar-refractivity contribution < 1.29 is 9.47 Å². The van der Waals surface area contributed by atoms with Crippen LogP contribution in [0, 0.1) is 6.92 Å². The fraction of sp³-hybridized carbons (Fsp3) is 0.474. The Kier molecular flexibility index (Phi) is 5.30. The molecule has 1 atom stereocenters. The van der Waals surface area contributed by atoms with Gasteiger partial charge in [-0.1, -0.05) is 18.6 Å². The van der Waals surface area contributed by atoms with Gasteiger partial charge in [-0.05, 0) is 38.4 Å². The third kappa shape index (κ3) is 3.51. The minimum absolute atomic E-state index is 0.330. The third-order valence-electron chi connectivity index (χ3n) is 4.61. The molecule has 24 heavy (non-hydrogen) atoms. The van der Waals surface area contributed by atoms with E-state index in [2.05, 4.69) is 20.9 Å². The molecule has 1 saturated heterocycles. The molecule has 0 amide bonds. The molecule has 1 aliphatic heterocycles. The summed E-state index contributed by atoms with van der Waals surface area (Å²) >= 11 is 0. The highest BCUT2D eigenvalue weighted by molar-refractivity contribution is 5.46. The first-order valence-electron chi connectivity index (χ1n) is 8.46. The van der Waals surface area contributed by atoms with Gasteiger partial charge in [-0.3, -0.25) is 4.90 Å². The summed E-state index contributed by atoms with van der Waals surface area (Å²) in [6.07, 6.45) is 5.44. The van der Waals surface area contributed by atoms with Crippen molar-refractivity contribution in [1.29, 1.82) is 0 Å². The van der Waals surface area contributed by atoms with E-state index in [-0.39, 0.29) is 0 Å². The number of hydrogen-bond donors (Lipinski definition) is 0. The number of rotatable bonds is 5. The molecular formula is C19H25N3O2. The molecular weight excluding hydrogens is 302 g/mol. The molecule has 3 rings (SSSR count). The number of para-hydroxylation sites is 1. The maximum Gasteiger partial charge on any atom is 0.165 e. The van der Waals surface area contributed by atoms with Crippen LogP contribution in [0.15, 0.2) is 30.5 Å². The van der Waals surface area contributed by atoms with Gasteiger partial charge in [0, 0.05) is 18.3 Å². The van der Waals surface area contributed by atoms with E-state index in [9.17, 15) is 0 Å². The lowest BCUT2D eigenvalue weighted by Gasteiger charge is -2.35. The minimum Gasteiger partial charge on any atom is -0.493 e. The highest BCUT2D eigenvalue weighted by Crippen LogP contribution is 2.36. The standard InChI is InChI=1S/C19H25N3O2/c1-14-20-11-10-16(21-14)17-8-4-5-12-22(17)13-15-7-6-9-18(23-2)19(15)24-3/h6-7,9-11,17H,4-5,8,12-13H2,1-3H3/t17-/m1/s1. The summed E-state index contributed by atoms with van der Waals surface area (Å²) in [4.78, 5) is 11.4. The number of aromatic nitrogens is 2. The van der Waals surface area contributed by atoms with Crippen LogP contribution < -0.4 is 9.47 Å². The van der Waals surface area contributed by atoms with Crippen LogP contribution in [-0.2, 0) is 6.54 Å². The second-order valence-electron chi connectivity index (χ2n) is 6.16. The predicted molar refractivity (Wildman–Crippen MR) is 93.3 cm³/mol. The number of piperidine rings is 1. The van der Waals surface area contributed by atoms with E-state index in [1.165, 1.54) is 12.8 Å². The van der Waals surface area contributed by atoms with Crippen LogP contribution in [0.25, 0.3) is 0 Å². The Morgan fingerprint density at radius 1 is 1.17 bits per heavy atom. The molecule has 1 aromatic heterocycles. The molecule has 1 aliphatic rings. The van der Waals surface area contributed by atoms with Crippen molar-refractivity contribution >= 4 is 0 Å². The lowest BCUT2D eigenvalue weighted by Crippen LogP contribution is -2.33. The van der Waals surface area contributed by atoms with Crippen molar-refractivity contribution in [3.8, 4) is 11.5 Å². The van der Waals surface area contributed by atoms with Crippen LogP contribution >= 0.6 is 0 Å². The lowest BCUT2D eigenvalue weighted by atomic mass is 9.98. The van der Waals surface area contributed by atoms with Gasteiger partial charge in [-0.25, -0.2) is 9.97 Å². The van der Waals surface area contributed by atoms with Gasteiger partial charge in [0.1, 0.15) is 5.82 Å². The number of methoxy groups -OCH3 is 2. The van der Waals surface area contributed by atoms with Crippen molar-refractivity contribution in [2.24, 2.45) is 0 Å². The number of aryl methyl sites for hydroxylation is 1. The maximum absolute atomic E-state index is 5.59. The Morgan fingerprint density at radius 3 is 2.79 bits per heavy atom. The predicted octanol–water partition coefficient (Wildman–Crippen LogP) is 3.53. The van der Waals surface area contributed by atoms with Gasteiger partial charge >= 0.3 is 0 Å². The lowest BCUT2D eigenvalue weighted by molar-refractivity contribution is 0.135. The number of hydrogen-bond acceptors (Lipinski definition) is 5. The number of nitrogens with zero attached hydrogens (tertiary/aromatic N) is 3. The van der Waals surface area contributed by atoms with Crippen LogP contribution in [0.5, 0.6) is 11.5 Å². The smallest absolute Gasteiger partial charge is 0.165 e. The third-order valence-corrected chi connectivity index (χ3v) is 4.61. The van der Waals surface area contributed by atoms with Crippen LogP contribution in [0.2, 0.25) is 0 Å². The number of ether oxygens (including phenoxy) is 2. The normalized spacial score (nSPS) is 18.4. The zero-order valence-corrected chi connectivity index (χ0v) is 14.7. The highest BCUT2D eigenvalue weighted by atomic mass is 16.5. The van der Waals surface area contributed by atoms with Gasteiger partial charge in [-0.15, -0.1) is 0 Å². The zero-order valence-electron chi connectivity index (χ0n) is 14.7. The minimum atomic E-state index is 0.330. The Morgan fingerprint density at radius 2 is 2.04 bits per heavy atom. The molecule has 2 aromatic rings. The second kappa shape index (κ2) is 7.62. The Labute approximate surface area is 143 Å². The number of benzene rings is 1. The molecule has 1 fully saturated rings. The monoisotopic (exact) mass is 327 g/mol. The van der Waals surface area contributed by atoms with Gasteiger partial charge < -0.3 is 9.47 Å². The average molecular weight is 327 g/mol. The fourth-order valence-electron chi connectivity index (χ4n) is 3.47. The SMILES string of the molecule is COc1cccc(CN2CCCC[C@@H]2c2ccnc(C)n2)c1OC. The number of likely N-dealkylation sites (tertiary alicyclic amines) is 1. The first-order chi connectivity index (χ1) is 11.7. The first kappa shape index (κ1) is 16.7. The summed E-state index contributed by atoms with van der Waals surface area (Å²) in [7, 11) is 3.37. The molecule has 0 bridgehead atoms. The first-order valence-corrected chi connectivity index (χ1v) is 8.46. The molecule has 0 radical (unpaired) electrons. The van der Waals surface area contributed by atoms with Gasteiger partial charge in [0.2, 0.25) is 0 Å². The molecule has 0 aliphatic carbocycles. The molecule has 0 saturated carbocycles. The molecule has 2 heterocycles. The topological polar surface area (TPSA) is 47.5 Å². The van der Waals surface area contributed by atoms with Crippen LogP contribution in [0.1, 0.15) is 42.4 Å². The Balaban J connectivity index is 1.87. The Hall–Kier alpha value is -2.14. The van der Waals surface area contributed by atoms with Crippen molar-refractivity contribution in [3.05, 3.63) is 47.5 Å². The molecule has 128 valence electrons. The highest BCUT2D eigenvalue weighted by Gasteiger charge is 2.26. The summed E-state index contributed by atoms with van der Waals surface area (Å²) in [5.41, 5.74) is 2.26. The van der Waals surface area contributed by atoms with Crippen LogP contribution in [-0.4, -0.2) is 35.6 Å². The van der Waals surface area contributed by atoms with Crippen LogP contribution in [0.4, 0.5) is 0 Å². The summed E-state index contributed by atoms with van der Waals surface area (Å²) in [5, 5.41) is 0. The summed E-state index contributed by atoms with van der Waals surface area (Å²) < 4.78 is 11.0. The maximum atomic E-state index is 5.59. The zero-order chi connectivity index (χ0) is 16.9. The van der Waals surface area contributed by atoms with Crippen molar-refractivity contribution in [2.45, 2.75) is 38.8 Å².